The Morgan fingerprint density at radius 3 is 2.26 bits per heavy atom. The maximum absolute atomic E-state index is 12.8. The van der Waals surface area contributed by atoms with E-state index in [1.165, 1.54) is 6.21 Å². The molecule has 2 rings (SSSR count). The van der Waals surface area contributed by atoms with Crippen LogP contribution in [0.15, 0.2) is 47.6 Å². The zero-order valence-corrected chi connectivity index (χ0v) is 15.4. The number of nitrogens with zero attached hydrogens (tertiary/aromatic N) is 1. The second-order valence-electron chi connectivity index (χ2n) is 5.86. The first-order valence-electron chi connectivity index (χ1n) is 8.33. The number of hydrogen-bond acceptors (Lipinski definition) is 4. The molecule has 0 amide bonds. The van der Waals surface area contributed by atoms with Crippen LogP contribution in [-0.2, 0) is 22.0 Å². The van der Waals surface area contributed by atoms with Crippen molar-refractivity contribution in [3.05, 3.63) is 64.7 Å². The number of ether oxygens (including phenoxy) is 1. The maximum Gasteiger partial charge on any atom is 0.416 e. The number of benzene rings is 2. The van der Waals surface area contributed by atoms with Crippen LogP contribution in [0.2, 0.25) is 0 Å². The van der Waals surface area contributed by atoms with E-state index in [0.717, 1.165) is 0 Å². The van der Waals surface area contributed by atoms with Crippen LogP contribution >= 0.6 is 0 Å². The van der Waals surface area contributed by atoms with Gasteiger partial charge in [-0.3, -0.25) is 0 Å². The Balaban J connectivity index is 2.08. The van der Waals surface area contributed by atoms with E-state index in [9.17, 15) is 31.1 Å². The zero-order valence-electron chi connectivity index (χ0n) is 15.4. The van der Waals surface area contributed by atoms with E-state index in [1.807, 2.05) is 0 Å². The van der Waals surface area contributed by atoms with Crippen molar-refractivity contribution < 1.29 is 45.8 Å². The largest absolute Gasteiger partial charge is 0.481 e. The lowest BCUT2D eigenvalue weighted by Gasteiger charge is -2.14. The van der Waals surface area contributed by atoms with Crippen molar-refractivity contribution >= 4 is 12.2 Å². The van der Waals surface area contributed by atoms with E-state index < -0.39 is 48.4 Å². The molecule has 0 bridgehead atoms. The van der Waals surface area contributed by atoms with Crippen LogP contribution in [0.5, 0.6) is 5.75 Å². The first-order valence-corrected chi connectivity index (χ1v) is 8.33. The molecule has 164 valence electrons. The molecule has 5 nitrogen and oxygen atoms in total. The molecule has 0 spiro atoms. The van der Waals surface area contributed by atoms with Gasteiger partial charge in [-0.05, 0) is 35.9 Å². The van der Waals surface area contributed by atoms with Crippen molar-refractivity contribution in [2.75, 3.05) is 13.2 Å². The summed E-state index contributed by atoms with van der Waals surface area (Å²) in [7, 11) is 0. The van der Waals surface area contributed by atoms with E-state index in [0.29, 0.717) is 23.3 Å². The van der Waals surface area contributed by atoms with Gasteiger partial charge in [-0.2, -0.15) is 26.3 Å². The fraction of sp³-hybridized carbons (Fsp3) is 0.200. The minimum absolute atomic E-state index is 0.00572. The third kappa shape index (κ3) is 7.93. The topological polar surface area (TPSA) is 68.1 Å². The van der Waals surface area contributed by atoms with Gasteiger partial charge in [0.25, 0.3) is 0 Å². The van der Waals surface area contributed by atoms with Crippen molar-refractivity contribution in [2.24, 2.45) is 5.16 Å². The fourth-order valence-corrected chi connectivity index (χ4v) is 2.15. The van der Waals surface area contributed by atoms with Gasteiger partial charge in [-0.1, -0.05) is 29.1 Å². The Bertz CT molecular complexity index is 987. The van der Waals surface area contributed by atoms with Gasteiger partial charge in [-0.25, -0.2) is 4.79 Å². The molecular weight excluding hydrogens is 432 g/mol. The summed E-state index contributed by atoms with van der Waals surface area (Å²) < 4.78 is 82.0. The number of rotatable bonds is 6. The van der Waals surface area contributed by atoms with Crippen LogP contribution < -0.4 is 4.74 Å². The minimum Gasteiger partial charge on any atom is -0.481 e. The standard InChI is InChI=1S/C20H13F6NO4/c21-19(22,23)15-8-16(20(24,25)26)10-17(9-15)30-6-2-5-13-3-1-4-14(7-13)11-27-31-12-18(28)29/h1,3-4,7-11H,6,12H2,(H,28,29). The van der Waals surface area contributed by atoms with Gasteiger partial charge in [-0.15, -0.1) is 0 Å². The van der Waals surface area contributed by atoms with Gasteiger partial charge < -0.3 is 14.7 Å². The Kier molecular flexibility index (Phi) is 7.52. The fourth-order valence-electron chi connectivity index (χ4n) is 2.15. The maximum atomic E-state index is 12.8. The predicted molar refractivity (Wildman–Crippen MR) is 96.4 cm³/mol. The van der Waals surface area contributed by atoms with E-state index in [4.69, 9.17) is 9.84 Å². The number of carboxylic acid groups (broad SMARTS) is 1. The summed E-state index contributed by atoms with van der Waals surface area (Å²) in [4.78, 5) is 14.8. The van der Waals surface area contributed by atoms with E-state index in [-0.39, 0.29) is 6.07 Å². The predicted octanol–water partition coefficient (Wildman–Crippen LogP) is 4.59. The molecule has 0 aliphatic heterocycles. The van der Waals surface area contributed by atoms with Gasteiger partial charge in [0.05, 0.1) is 17.3 Å². The highest BCUT2D eigenvalue weighted by Crippen LogP contribution is 2.38. The van der Waals surface area contributed by atoms with Gasteiger partial charge >= 0.3 is 18.3 Å². The number of alkyl halides is 6. The van der Waals surface area contributed by atoms with Crippen molar-refractivity contribution in [1.82, 2.24) is 0 Å². The molecule has 2 aromatic rings. The Hall–Kier alpha value is -3.68. The second kappa shape index (κ2) is 9.88. The van der Waals surface area contributed by atoms with E-state index in [2.05, 4.69) is 21.8 Å². The Morgan fingerprint density at radius 1 is 1.03 bits per heavy atom. The molecule has 0 saturated heterocycles. The average Bonchev–Trinajstić information content (AvgIpc) is 2.67. The number of oxime groups is 1. The SMILES string of the molecule is O=C(O)CON=Cc1cccc(C#CCOc2cc(C(F)(F)F)cc(C(F)(F)F)c2)c1. The van der Waals surface area contributed by atoms with Crippen LogP contribution in [0.3, 0.4) is 0 Å². The summed E-state index contributed by atoms with van der Waals surface area (Å²) in [6.07, 6.45) is -8.70. The van der Waals surface area contributed by atoms with E-state index >= 15 is 0 Å². The molecule has 1 N–H and O–H groups in total. The van der Waals surface area contributed by atoms with Crippen molar-refractivity contribution in [3.63, 3.8) is 0 Å². The summed E-state index contributed by atoms with van der Waals surface area (Å²) in [6.45, 7) is -1.07. The van der Waals surface area contributed by atoms with Crippen LogP contribution in [0.25, 0.3) is 0 Å². The number of halogens is 6. The number of hydrogen-bond donors (Lipinski definition) is 1. The quantitative estimate of drug-likeness (QED) is 0.306. The molecule has 0 saturated carbocycles. The molecular formula is C20H13F6NO4. The third-order valence-electron chi connectivity index (χ3n) is 3.46. The average molecular weight is 445 g/mol. The van der Waals surface area contributed by atoms with E-state index in [1.54, 1.807) is 24.3 Å². The van der Waals surface area contributed by atoms with Crippen LogP contribution in [0, 0.1) is 11.8 Å². The zero-order chi connectivity index (χ0) is 23.1. The molecule has 2 aromatic carbocycles. The van der Waals surface area contributed by atoms with Gasteiger partial charge in [0, 0.05) is 5.56 Å². The normalized spacial score (nSPS) is 11.7. The third-order valence-corrected chi connectivity index (χ3v) is 3.46. The van der Waals surface area contributed by atoms with Crippen LogP contribution in [0.4, 0.5) is 26.3 Å². The molecule has 0 heterocycles. The first kappa shape index (κ1) is 23.6. The molecule has 0 radical (unpaired) electrons. The molecule has 0 aromatic heterocycles. The lowest BCUT2D eigenvalue weighted by molar-refractivity contribution is -0.144. The molecule has 0 atom stereocenters. The monoisotopic (exact) mass is 445 g/mol. The molecule has 0 fully saturated rings. The van der Waals surface area contributed by atoms with Gasteiger partial charge in [0.15, 0.2) is 0 Å². The van der Waals surface area contributed by atoms with Gasteiger partial charge in [0.1, 0.15) is 12.4 Å². The number of aliphatic carboxylic acids is 1. The highest BCUT2D eigenvalue weighted by atomic mass is 19.4. The summed E-state index contributed by atoms with van der Waals surface area (Å²) >= 11 is 0. The van der Waals surface area contributed by atoms with Crippen molar-refractivity contribution in [3.8, 4) is 17.6 Å². The Labute approximate surface area is 171 Å². The van der Waals surface area contributed by atoms with Crippen LogP contribution in [0.1, 0.15) is 22.3 Å². The molecule has 31 heavy (non-hydrogen) atoms. The molecule has 0 aliphatic carbocycles. The first-order chi connectivity index (χ1) is 14.4. The lowest BCUT2D eigenvalue weighted by Crippen LogP contribution is -2.11. The Morgan fingerprint density at radius 2 is 1.68 bits per heavy atom. The summed E-state index contributed by atoms with van der Waals surface area (Å²) in [5.74, 6) is 3.31. The highest BCUT2D eigenvalue weighted by molar-refractivity contribution is 5.79. The molecule has 11 heteroatoms. The number of carboxylic acids is 1. The smallest absolute Gasteiger partial charge is 0.416 e. The van der Waals surface area contributed by atoms with Crippen molar-refractivity contribution in [2.45, 2.75) is 12.4 Å². The second-order valence-corrected chi connectivity index (χ2v) is 5.86. The number of carbonyl (C=O) groups is 1. The molecule has 0 unspecified atom stereocenters. The molecule has 0 aliphatic rings. The van der Waals surface area contributed by atoms with Crippen LogP contribution in [-0.4, -0.2) is 30.5 Å². The van der Waals surface area contributed by atoms with Gasteiger partial charge in [0.2, 0.25) is 6.61 Å². The summed E-state index contributed by atoms with van der Waals surface area (Å²) in [5, 5.41) is 11.9. The summed E-state index contributed by atoms with van der Waals surface area (Å²) in [5.41, 5.74) is -2.00. The van der Waals surface area contributed by atoms with Crippen molar-refractivity contribution in [1.29, 1.82) is 0 Å². The minimum atomic E-state index is -4.97. The lowest BCUT2D eigenvalue weighted by atomic mass is 10.1. The highest BCUT2D eigenvalue weighted by Gasteiger charge is 2.37. The summed E-state index contributed by atoms with van der Waals surface area (Å²) in [6, 6.07) is 7.30.